The predicted octanol–water partition coefficient (Wildman–Crippen LogP) is 2.17. The zero-order valence-corrected chi connectivity index (χ0v) is 13.4. The number of hydrogen-bond acceptors (Lipinski definition) is 3. The van der Waals surface area contributed by atoms with Crippen LogP contribution in [0.25, 0.3) is 0 Å². The van der Waals surface area contributed by atoms with Crippen LogP contribution in [0.4, 0.5) is 0 Å². The molecule has 1 saturated carbocycles. The van der Waals surface area contributed by atoms with E-state index in [1.165, 1.54) is 52.0 Å². The normalized spacial score (nSPS) is 33.2. The van der Waals surface area contributed by atoms with E-state index >= 15 is 0 Å². The lowest BCUT2D eigenvalue weighted by atomic mass is 9.86. The van der Waals surface area contributed by atoms with Crippen molar-refractivity contribution in [2.45, 2.75) is 52.5 Å². The van der Waals surface area contributed by atoms with Crippen LogP contribution in [0.15, 0.2) is 0 Å². The van der Waals surface area contributed by atoms with Crippen molar-refractivity contribution in [3.63, 3.8) is 0 Å². The molecule has 2 rings (SSSR count). The van der Waals surface area contributed by atoms with Gasteiger partial charge in [-0.1, -0.05) is 27.7 Å². The molecule has 1 saturated heterocycles. The van der Waals surface area contributed by atoms with E-state index in [1.807, 2.05) is 0 Å². The van der Waals surface area contributed by atoms with E-state index < -0.39 is 0 Å². The van der Waals surface area contributed by atoms with Crippen molar-refractivity contribution in [3.05, 3.63) is 0 Å². The molecule has 3 nitrogen and oxygen atoms in total. The molecule has 1 aliphatic carbocycles. The maximum Gasteiger partial charge on any atom is 0.0338 e. The van der Waals surface area contributed by atoms with Gasteiger partial charge in [0.1, 0.15) is 0 Å². The predicted molar refractivity (Wildman–Crippen MR) is 82.3 cm³/mol. The van der Waals surface area contributed by atoms with Gasteiger partial charge in [0, 0.05) is 44.8 Å². The fourth-order valence-electron chi connectivity index (χ4n) is 4.13. The second-order valence-corrected chi connectivity index (χ2v) is 7.95. The molecule has 3 heteroatoms. The topological polar surface area (TPSA) is 32.5 Å². The molecule has 0 spiro atoms. The standard InChI is InChI=1S/C16H33N3/c1-14(2)11-18-7-9-19(10-8-18)16(13-17)6-5-15(3,4)12-16/h14H,5-13,17H2,1-4H3. The van der Waals surface area contributed by atoms with Gasteiger partial charge in [-0.25, -0.2) is 0 Å². The van der Waals surface area contributed by atoms with E-state index in [9.17, 15) is 0 Å². The summed E-state index contributed by atoms with van der Waals surface area (Å²) in [7, 11) is 0. The van der Waals surface area contributed by atoms with Crippen molar-refractivity contribution in [3.8, 4) is 0 Å². The monoisotopic (exact) mass is 267 g/mol. The van der Waals surface area contributed by atoms with Crippen molar-refractivity contribution >= 4 is 0 Å². The van der Waals surface area contributed by atoms with Crippen molar-refractivity contribution < 1.29 is 0 Å². The first-order valence-electron chi connectivity index (χ1n) is 8.04. The van der Waals surface area contributed by atoms with Gasteiger partial charge in [-0.2, -0.15) is 0 Å². The molecule has 0 bridgehead atoms. The highest BCUT2D eigenvalue weighted by molar-refractivity contribution is 5.03. The average molecular weight is 267 g/mol. The molecular weight excluding hydrogens is 234 g/mol. The summed E-state index contributed by atoms with van der Waals surface area (Å²) in [5.41, 5.74) is 6.96. The van der Waals surface area contributed by atoms with Gasteiger partial charge >= 0.3 is 0 Å². The fourth-order valence-corrected chi connectivity index (χ4v) is 4.13. The number of hydrogen-bond donors (Lipinski definition) is 1. The number of nitrogens with zero attached hydrogens (tertiary/aromatic N) is 2. The third kappa shape index (κ3) is 3.50. The summed E-state index contributed by atoms with van der Waals surface area (Å²) < 4.78 is 0. The van der Waals surface area contributed by atoms with Crippen LogP contribution in [0.1, 0.15) is 47.0 Å². The first kappa shape index (κ1) is 15.3. The molecule has 0 aromatic heterocycles. The molecule has 112 valence electrons. The molecule has 0 aromatic rings. The van der Waals surface area contributed by atoms with E-state index in [-0.39, 0.29) is 0 Å². The van der Waals surface area contributed by atoms with E-state index in [2.05, 4.69) is 37.5 Å². The zero-order chi connectivity index (χ0) is 14.1. The molecule has 0 radical (unpaired) electrons. The van der Waals surface area contributed by atoms with Crippen LogP contribution in [-0.2, 0) is 0 Å². The van der Waals surface area contributed by atoms with Crippen molar-refractivity contribution in [2.24, 2.45) is 17.1 Å². The summed E-state index contributed by atoms with van der Waals surface area (Å²) in [5.74, 6) is 0.778. The number of nitrogens with two attached hydrogens (primary N) is 1. The highest BCUT2D eigenvalue weighted by atomic mass is 15.3. The SMILES string of the molecule is CC(C)CN1CCN(C2(CN)CCC(C)(C)C2)CC1. The van der Waals surface area contributed by atoms with Gasteiger partial charge in [0.2, 0.25) is 0 Å². The molecule has 1 heterocycles. The summed E-state index contributed by atoms with van der Waals surface area (Å²) in [6.45, 7) is 16.4. The third-order valence-corrected chi connectivity index (χ3v) is 5.12. The Hall–Kier alpha value is -0.120. The van der Waals surface area contributed by atoms with Gasteiger partial charge < -0.3 is 10.6 Å². The van der Waals surface area contributed by atoms with Crippen molar-refractivity contribution in [2.75, 3.05) is 39.3 Å². The molecule has 2 N–H and O–H groups in total. The molecule has 1 aliphatic heterocycles. The van der Waals surface area contributed by atoms with Crippen LogP contribution >= 0.6 is 0 Å². The van der Waals surface area contributed by atoms with Gasteiger partial charge in [0.25, 0.3) is 0 Å². The van der Waals surface area contributed by atoms with Gasteiger partial charge in [0.05, 0.1) is 0 Å². The highest BCUT2D eigenvalue weighted by Gasteiger charge is 2.46. The van der Waals surface area contributed by atoms with Crippen LogP contribution in [0, 0.1) is 11.3 Å². The fraction of sp³-hybridized carbons (Fsp3) is 1.00. The second kappa shape index (κ2) is 5.71. The first-order chi connectivity index (χ1) is 8.87. The smallest absolute Gasteiger partial charge is 0.0338 e. The van der Waals surface area contributed by atoms with Crippen molar-refractivity contribution in [1.82, 2.24) is 9.80 Å². The molecule has 0 amide bonds. The Morgan fingerprint density at radius 1 is 1.05 bits per heavy atom. The van der Waals surface area contributed by atoms with E-state index in [4.69, 9.17) is 5.73 Å². The lowest BCUT2D eigenvalue weighted by Gasteiger charge is -2.46. The molecule has 1 atom stereocenters. The van der Waals surface area contributed by atoms with Crippen LogP contribution < -0.4 is 5.73 Å². The minimum atomic E-state index is 0.299. The summed E-state index contributed by atoms with van der Waals surface area (Å²) >= 11 is 0. The Labute approximate surface area is 119 Å². The van der Waals surface area contributed by atoms with Crippen LogP contribution in [0.5, 0.6) is 0 Å². The molecule has 0 aromatic carbocycles. The minimum absolute atomic E-state index is 0.299. The second-order valence-electron chi connectivity index (χ2n) is 7.95. The van der Waals surface area contributed by atoms with Crippen LogP contribution in [0.3, 0.4) is 0 Å². The molecule has 2 fully saturated rings. The largest absolute Gasteiger partial charge is 0.329 e. The molecule has 2 aliphatic rings. The Bertz CT molecular complexity index is 292. The summed E-state index contributed by atoms with van der Waals surface area (Å²) in [5, 5.41) is 0. The molecular formula is C16H33N3. The summed E-state index contributed by atoms with van der Waals surface area (Å²) in [4.78, 5) is 5.32. The highest BCUT2D eigenvalue weighted by Crippen LogP contribution is 2.46. The van der Waals surface area contributed by atoms with E-state index in [1.54, 1.807) is 0 Å². The summed E-state index contributed by atoms with van der Waals surface area (Å²) in [6.07, 6.45) is 3.90. The lowest BCUT2D eigenvalue weighted by molar-refractivity contribution is 0.0304. The Morgan fingerprint density at radius 3 is 2.11 bits per heavy atom. The van der Waals surface area contributed by atoms with E-state index in [0.29, 0.717) is 11.0 Å². The first-order valence-corrected chi connectivity index (χ1v) is 8.04. The third-order valence-electron chi connectivity index (χ3n) is 5.12. The summed E-state index contributed by atoms with van der Waals surface area (Å²) in [6, 6.07) is 0. The van der Waals surface area contributed by atoms with Crippen molar-refractivity contribution in [1.29, 1.82) is 0 Å². The van der Waals surface area contributed by atoms with Gasteiger partial charge in [-0.15, -0.1) is 0 Å². The quantitative estimate of drug-likeness (QED) is 0.847. The maximum atomic E-state index is 6.18. The average Bonchev–Trinajstić information content (AvgIpc) is 2.66. The molecule has 1 unspecified atom stereocenters. The number of piperazine rings is 1. The lowest BCUT2D eigenvalue weighted by Crippen LogP contribution is -2.59. The van der Waals surface area contributed by atoms with Gasteiger partial charge in [-0.05, 0) is 30.6 Å². The Balaban J connectivity index is 1.93. The molecule has 19 heavy (non-hydrogen) atoms. The number of rotatable bonds is 4. The van der Waals surface area contributed by atoms with Gasteiger partial charge in [-0.3, -0.25) is 4.90 Å². The minimum Gasteiger partial charge on any atom is -0.329 e. The van der Waals surface area contributed by atoms with Gasteiger partial charge in [0.15, 0.2) is 0 Å². The Morgan fingerprint density at radius 2 is 1.68 bits per heavy atom. The maximum absolute atomic E-state index is 6.18. The van der Waals surface area contributed by atoms with E-state index in [0.717, 1.165) is 12.5 Å². The Kier molecular flexibility index (Phi) is 4.59. The van der Waals surface area contributed by atoms with Crippen LogP contribution in [-0.4, -0.2) is 54.6 Å². The van der Waals surface area contributed by atoms with Crippen LogP contribution in [0.2, 0.25) is 0 Å². The zero-order valence-electron chi connectivity index (χ0n) is 13.4.